The van der Waals surface area contributed by atoms with Crippen LogP contribution in [0, 0.1) is 0 Å². The molecule has 6 nitrogen and oxygen atoms in total. The van der Waals surface area contributed by atoms with E-state index in [9.17, 15) is 9.90 Å². The monoisotopic (exact) mass is 950 g/mol. The van der Waals surface area contributed by atoms with Crippen molar-refractivity contribution in [3.63, 3.8) is 0 Å². The lowest BCUT2D eigenvalue weighted by molar-refractivity contribution is -0.114. The second kappa shape index (κ2) is 17.3. The minimum atomic E-state index is -0.105. The number of ketones is 1. The summed E-state index contributed by atoms with van der Waals surface area (Å²) in [4.78, 5) is 23.3. The molecular weight excluding hydrogens is 905 g/mol. The second-order valence-electron chi connectivity index (χ2n) is 19.4. The molecular formula is C68H46N4O2. The van der Waals surface area contributed by atoms with Crippen molar-refractivity contribution in [2.24, 2.45) is 0 Å². The number of hydrogen-bond acceptors (Lipinski definition) is 4. The van der Waals surface area contributed by atoms with Gasteiger partial charge in [0.1, 0.15) is 11.3 Å². The maximum atomic E-state index is 13.0. The Hall–Kier alpha value is -9.65. The summed E-state index contributed by atoms with van der Waals surface area (Å²) in [5.41, 5.74) is 20.3. The molecule has 0 amide bonds. The molecule has 14 rings (SSSR count). The lowest BCUT2D eigenvalue weighted by Crippen LogP contribution is -1.99. The highest BCUT2D eigenvalue weighted by Gasteiger charge is 2.20. The first-order chi connectivity index (χ1) is 36.4. The Morgan fingerprint density at radius 1 is 0.405 bits per heavy atom. The molecule has 0 aliphatic heterocycles. The van der Waals surface area contributed by atoms with Crippen LogP contribution in [-0.4, -0.2) is 29.7 Å². The Morgan fingerprint density at radius 3 is 1.28 bits per heavy atom. The van der Waals surface area contributed by atoms with Gasteiger partial charge in [-0.3, -0.25) is 13.6 Å². The van der Waals surface area contributed by atoms with Crippen molar-refractivity contribution in [1.82, 2.24) is 18.8 Å². The van der Waals surface area contributed by atoms with E-state index in [4.69, 9.17) is 9.97 Å². The number of benzene rings is 10. The molecule has 0 aliphatic carbocycles. The normalized spacial score (nSPS) is 12.1. The van der Waals surface area contributed by atoms with Gasteiger partial charge in [0.25, 0.3) is 0 Å². The van der Waals surface area contributed by atoms with Crippen LogP contribution in [0.4, 0.5) is 0 Å². The molecule has 10 aromatic carbocycles. The summed E-state index contributed by atoms with van der Waals surface area (Å²) in [7, 11) is 0. The van der Waals surface area contributed by atoms with E-state index in [0.717, 1.165) is 127 Å². The maximum absolute atomic E-state index is 13.0. The van der Waals surface area contributed by atoms with Crippen molar-refractivity contribution in [3.8, 4) is 55.6 Å². The van der Waals surface area contributed by atoms with Crippen LogP contribution in [0.15, 0.2) is 236 Å². The second-order valence-corrected chi connectivity index (χ2v) is 19.4. The minimum absolute atomic E-state index is 0.0175. The highest BCUT2D eigenvalue weighted by atomic mass is 16.3. The SMILES string of the molecule is CC(O)=CC(=O)CCc1ccccc1-c1cc(-c2ccccc2-c2ccc3c(c2)c2ccccc2n2c4ccccc4nc32)cc(-c2ccccc2-c2ccc3c(c2)c2ccccc2n2c4ccccc4nc32)c1. The lowest BCUT2D eigenvalue weighted by Gasteiger charge is -2.18. The van der Waals surface area contributed by atoms with Gasteiger partial charge in [-0.25, -0.2) is 9.97 Å². The van der Waals surface area contributed by atoms with Crippen molar-refractivity contribution >= 4 is 82.5 Å². The smallest absolute Gasteiger partial charge is 0.159 e. The molecule has 4 heterocycles. The van der Waals surface area contributed by atoms with Crippen LogP contribution in [0.25, 0.3) is 132 Å². The highest BCUT2D eigenvalue weighted by molar-refractivity contribution is 6.16. The highest BCUT2D eigenvalue weighted by Crippen LogP contribution is 2.44. The van der Waals surface area contributed by atoms with E-state index in [2.05, 4.69) is 227 Å². The third kappa shape index (κ3) is 7.06. The fourth-order valence-electron chi connectivity index (χ4n) is 11.6. The molecule has 0 saturated carbocycles. The van der Waals surface area contributed by atoms with E-state index in [-0.39, 0.29) is 18.0 Å². The van der Waals surface area contributed by atoms with E-state index in [1.807, 2.05) is 6.07 Å². The zero-order chi connectivity index (χ0) is 49.4. The van der Waals surface area contributed by atoms with E-state index in [1.54, 1.807) is 0 Å². The van der Waals surface area contributed by atoms with Crippen molar-refractivity contribution in [2.75, 3.05) is 0 Å². The van der Waals surface area contributed by atoms with Gasteiger partial charge in [0.2, 0.25) is 0 Å². The average molecular weight is 951 g/mol. The van der Waals surface area contributed by atoms with Gasteiger partial charge in [0, 0.05) is 34.0 Å². The number of rotatable bonds is 9. The van der Waals surface area contributed by atoms with Gasteiger partial charge in [-0.2, -0.15) is 0 Å². The molecule has 350 valence electrons. The fraction of sp³-hybridized carbons (Fsp3) is 0.0441. The van der Waals surface area contributed by atoms with Crippen LogP contribution in [0.1, 0.15) is 18.9 Å². The molecule has 0 unspecified atom stereocenters. The van der Waals surface area contributed by atoms with Crippen LogP contribution in [0.2, 0.25) is 0 Å². The summed E-state index contributed by atoms with van der Waals surface area (Å²) < 4.78 is 4.59. The molecule has 0 spiro atoms. The summed E-state index contributed by atoms with van der Waals surface area (Å²) in [6.07, 6.45) is 2.13. The molecule has 74 heavy (non-hydrogen) atoms. The molecule has 4 aromatic heterocycles. The first kappa shape index (κ1) is 43.2. The molecule has 1 N–H and O–H groups in total. The first-order valence-corrected chi connectivity index (χ1v) is 25.2. The number of fused-ring (bicyclic) bond motifs is 16. The molecule has 14 aromatic rings. The van der Waals surface area contributed by atoms with E-state index >= 15 is 0 Å². The van der Waals surface area contributed by atoms with Crippen LogP contribution in [0.3, 0.4) is 0 Å². The number of hydrogen-bond donors (Lipinski definition) is 1. The summed E-state index contributed by atoms with van der Waals surface area (Å²) >= 11 is 0. The average Bonchev–Trinajstić information content (AvgIpc) is 4.05. The third-order valence-electron chi connectivity index (χ3n) is 14.9. The molecule has 0 aliphatic rings. The van der Waals surface area contributed by atoms with Crippen LogP contribution in [0.5, 0.6) is 0 Å². The summed E-state index contributed by atoms with van der Waals surface area (Å²) in [5.74, 6) is -0.0872. The number of aliphatic hydroxyl groups excluding tert-OH is 1. The number of nitrogens with zero attached hydrogens (tertiary/aromatic N) is 4. The number of aryl methyl sites for hydroxylation is 1. The van der Waals surface area contributed by atoms with Gasteiger partial charge >= 0.3 is 0 Å². The lowest BCUT2D eigenvalue weighted by atomic mass is 9.86. The van der Waals surface area contributed by atoms with E-state index in [0.29, 0.717) is 6.42 Å². The summed E-state index contributed by atoms with van der Waals surface area (Å²) in [5, 5.41) is 16.8. The van der Waals surface area contributed by atoms with Gasteiger partial charge in [0.15, 0.2) is 5.78 Å². The predicted octanol–water partition coefficient (Wildman–Crippen LogP) is 17.2. The first-order valence-electron chi connectivity index (χ1n) is 25.2. The van der Waals surface area contributed by atoms with Gasteiger partial charge in [-0.15, -0.1) is 0 Å². The largest absolute Gasteiger partial charge is 0.512 e. The van der Waals surface area contributed by atoms with Crippen LogP contribution >= 0.6 is 0 Å². The molecule has 0 saturated heterocycles. The number of carbonyl (C=O) groups is 1. The molecule has 6 heteroatoms. The predicted molar refractivity (Wildman–Crippen MR) is 306 cm³/mol. The number of pyridine rings is 2. The summed E-state index contributed by atoms with van der Waals surface area (Å²) in [6.45, 7) is 1.54. The molecule has 0 fully saturated rings. The number of aromatic nitrogens is 4. The quantitative estimate of drug-likeness (QED) is 0.0889. The minimum Gasteiger partial charge on any atom is -0.512 e. The van der Waals surface area contributed by atoms with Gasteiger partial charge in [-0.1, -0.05) is 146 Å². The third-order valence-corrected chi connectivity index (χ3v) is 14.9. The van der Waals surface area contributed by atoms with Gasteiger partial charge < -0.3 is 5.11 Å². The van der Waals surface area contributed by atoms with E-state index < -0.39 is 0 Å². The van der Waals surface area contributed by atoms with Gasteiger partial charge in [-0.05, 0) is 164 Å². The van der Waals surface area contributed by atoms with Crippen molar-refractivity contribution < 1.29 is 9.90 Å². The molecule has 0 bridgehead atoms. The van der Waals surface area contributed by atoms with Crippen molar-refractivity contribution in [1.29, 1.82) is 0 Å². The Bertz CT molecular complexity index is 4410. The zero-order valence-electron chi connectivity index (χ0n) is 40.5. The Balaban J connectivity index is 0.966. The van der Waals surface area contributed by atoms with Crippen LogP contribution in [-0.2, 0) is 11.2 Å². The van der Waals surface area contributed by atoms with Crippen LogP contribution < -0.4 is 0 Å². The van der Waals surface area contributed by atoms with Crippen molar-refractivity contribution in [2.45, 2.75) is 19.8 Å². The van der Waals surface area contributed by atoms with Crippen molar-refractivity contribution in [3.05, 3.63) is 242 Å². The van der Waals surface area contributed by atoms with E-state index in [1.165, 1.54) is 23.8 Å². The number of aliphatic hydroxyl groups is 1. The number of para-hydroxylation sites is 6. The Kier molecular flexibility index (Phi) is 10.1. The maximum Gasteiger partial charge on any atom is 0.159 e. The van der Waals surface area contributed by atoms with Gasteiger partial charge in [0.05, 0.1) is 38.9 Å². The summed E-state index contributed by atoms with van der Waals surface area (Å²) in [6, 6.07) is 80.5. The fourth-order valence-corrected chi connectivity index (χ4v) is 11.6. The topological polar surface area (TPSA) is 71.9 Å². The Morgan fingerprint density at radius 2 is 0.797 bits per heavy atom. The number of imidazole rings is 2. The standard InChI is InChI=1S/C68H46N4O2/c1-42(73)36-49(74)33-30-43-16-2-3-17-50(43)46-37-47(53-20-6-4-18-51(53)44-31-34-57-59(40-44)55-22-8-12-26-63(55)71-65-28-14-10-24-61(65)69-67(57)71)39-48(38-46)54-21-7-5-19-52(54)45-32-35-58-60(41-45)56-23-9-13-27-64(56)72-66-29-15-11-25-62(66)70-68(58)72/h2-29,31-32,34-41,73H,30,33H2,1H3. The molecule has 0 radical (unpaired) electrons. The number of allylic oxidation sites excluding steroid dienone is 2. The molecule has 0 atom stereocenters. The zero-order valence-corrected chi connectivity index (χ0v) is 40.5. The number of carbonyl (C=O) groups excluding carboxylic acids is 1. The Labute approximate surface area is 426 Å².